The summed E-state index contributed by atoms with van der Waals surface area (Å²) in [5.41, 5.74) is 5.33. The van der Waals surface area contributed by atoms with Gasteiger partial charge in [-0.2, -0.15) is 0 Å². The van der Waals surface area contributed by atoms with E-state index in [4.69, 9.17) is 9.47 Å². The highest BCUT2D eigenvalue weighted by Gasteiger charge is 2.24. The topological polar surface area (TPSA) is 95.7 Å². The zero-order valence-corrected chi connectivity index (χ0v) is 22.3. The fraction of sp³-hybridized carbons (Fsp3) is 0.517. The number of nitrogens with one attached hydrogen (secondary N) is 3. The Balaban J connectivity index is 1.66. The maximum absolute atomic E-state index is 13.5. The van der Waals surface area contributed by atoms with Gasteiger partial charge in [-0.25, -0.2) is 0 Å². The molecule has 2 fully saturated rings. The number of pyridine rings is 1. The number of H-pyrrole nitrogens is 1. The molecule has 2 aliphatic rings. The largest absolute Gasteiger partial charge is 0.381 e. The van der Waals surface area contributed by atoms with Gasteiger partial charge >= 0.3 is 0 Å². The lowest BCUT2D eigenvalue weighted by atomic mass is 9.98. The number of hydrogen-bond acceptors (Lipinski definition) is 6. The fourth-order valence-corrected chi connectivity index (χ4v) is 5.12. The molecule has 8 nitrogen and oxygen atoms in total. The summed E-state index contributed by atoms with van der Waals surface area (Å²) in [6, 6.07) is 6.17. The first-order valence-corrected chi connectivity index (χ1v) is 13.2. The SMILES string of the molecule is CCN(c1cc(C#CC2COCCN2)cc(C(=O)NCc2c(C)cc(C)[nH]c2=O)c1C)C1CCOCC1. The van der Waals surface area contributed by atoms with Crippen LogP contribution >= 0.6 is 0 Å². The van der Waals surface area contributed by atoms with E-state index in [0.29, 0.717) is 30.4 Å². The minimum absolute atomic E-state index is 0.0372. The van der Waals surface area contributed by atoms with Crippen LogP contribution in [-0.2, 0) is 16.0 Å². The van der Waals surface area contributed by atoms with E-state index >= 15 is 0 Å². The van der Waals surface area contributed by atoms with Gasteiger partial charge in [0.25, 0.3) is 11.5 Å². The second-order valence-electron chi connectivity index (χ2n) is 9.77. The minimum Gasteiger partial charge on any atom is -0.381 e. The van der Waals surface area contributed by atoms with Crippen LogP contribution in [0.5, 0.6) is 0 Å². The van der Waals surface area contributed by atoms with Crippen molar-refractivity contribution < 1.29 is 14.3 Å². The Morgan fingerprint density at radius 2 is 1.92 bits per heavy atom. The lowest BCUT2D eigenvalue weighted by Gasteiger charge is -2.36. The van der Waals surface area contributed by atoms with Gasteiger partial charge in [0.05, 0.1) is 19.3 Å². The fourth-order valence-electron chi connectivity index (χ4n) is 5.12. The number of nitrogens with zero attached hydrogens (tertiary/aromatic N) is 1. The molecule has 1 amide bonds. The van der Waals surface area contributed by atoms with Gasteiger partial charge in [-0.05, 0) is 69.9 Å². The van der Waals surface area contributed by atoms with Crippen molar-refractivity contribution in [3.05, 3.63) is 62.1 Å². The quantitative estimate of drug-likeness (QED) is 0.522. The number of morpholine rings is 1. The monoisotopic (exact) mass is 506 g/mol. The number of aryl methyl sites for hydroxylation is 2. The Morgan fingerprint density at radius 3 is 2.59 bits per heavy atom. The van der Waals surface area contributed by atoms with Crippen LogP contribution in [0.3, 0.4) is 0 Å². The molecule has 198 valence electrons. The van der Waals surface area contributed by atoms with Gasteiger partial charge in [-0.1, -0.05) is 11.8 Å². The summed E-state index contributed by atoms with van der Waals surface area (Å²) >= 11 is 0. The van der Waals surface area contributed by atoms with Crippen LogP contribution in [-0.4, -0.2) is 62.5 Å². The van der Waals surface area contributed by atoms with Crippen LogP contribution in [0, 0.1) is 32.6 Å². The lowest BCUT2D eigenvalue weighted by molar-refractivity contribution is 0.0845. The van der Waals surface area contributed by atoms with Gasteiger partial charge < -0.3 is 24.7 Å². The van der Waals surface area contributed by atoms with E-state index in [1.165, 1.54) is 0 Å². The Kier molecular flexibility index (Phi) is 9.04. The molecule has 0 radical (unpaired) electrons. The molecule has 0 saturated carbocycles. The van der Waals surface area contributed by atoms with Crippen molar-refractivity contribution in [2.24, 2.45) is 0 Å². The molecule has 1 atom stereocenters. The number of ether oxygens (including phenoxy) is 2. The Bertz CT molecular complexity index is 1230. The highest BCUT2D eigenvalue weighted by atomic mass is 16.5. The molecule has 1 unspecified atom stereocenters. The third-order valence-corrected chi connectivity index (χ3v) is 7.14. The molecule has 4 rings (SSSR count). The predicted molar refractivity (Wildman–Crippen MR) is 145 cm³/mol. The molecule has 8 heteroatoms. The summed E-state index contributed by atoms with van der Waals surface area (Å²) in [4.78, 5) is 31.1. The van der Waals surface area contributed by atoms with E-state index in [0.717, 1.165) is 67.2 Å². The predicted octanol–water partition coefficient (Wildman–Crippen LogP) is 2.58. The molecule has 37 heavy (non-hydrogen) atoms. The third kappa shape index (κ3) is 6.61. The Labute approximate surface area is 219 Å². The number of hydrogen-bond donors (Lipinski definition) is 3. The maximum Gasteiger partial charge on any atom is 0.253 e. The maximum atomic E-state index is 13.5. The van der Waals surface area contributed by atoms with E-state index in [9.17, 15) is 9.59 Å². The van der Waals surface area contributed by atoms with Crippen molar-refractivity contribution in [3.63, 3.8) is 0 Å². The van der Waals surface area contributed by atoms with E-state index < -0.39 is 0 Å². The third-order valence-electron chi connectivity index (χ3n) is 7.14. The summed E-state index contributed by atoms with van der Waals surface area (Å²) in [7, 11) is 0. The first kappa shape index (κ1) is 26.9. The first-order valence-electron chi connectivity index (χ1n) is 13.2. The first-order chi connectivity index (χ1) is 17.9. The van der Waals surface area contributed by atoms with Crippen molar-refractivity contribution in [1.82, 2.24) is 15.6 Å². The Morgan fingerprint density at radius 1 is 1.14 bits per heavy atom. The van der Waals surface area contributed by atoms with Gasteiger partial charge in [0.1, 0.15) is 0 Å². The number of anilines is 1. The molecular weight excluding hydrogens is 468 g/mol. The van der Waals surface area contributed by atoms with Crippen molar-refractivity contribution >= 4 is 11.6 Å². The number of aromatic nitrogens is 1. The average molecular weight is 507 g/mol. The van der Waals surface area contributed by atoms with Gasteiger partial charge in [0, 0.05) is 67.0 Å². The number of rotatable bonds is 6. The molecule has 2 saturated heterocycles. The standard InChI is InChI=1S/C29H38N4O4/c1-5-33(24-8-11-36-12-9-24)27-16-22(6-7-23-18-37-13-10-30-23)15-25(21(27)4)28(34)31-17-26-19(2)14-20(3)32-29(26)35/h14-16,23-24,30H,5,8-13,17-18H2,1-4H3,(H,31,34)(H,32,35). The van der Waals surface area contributed by atoms with E-state index in [1.54, 1.807) is 0 Å². The molecule has 3 heterocycles. The van der Waals surface area contributed by atoms with Gasteiger partial charge in [0.2, 0.25) is 0 Å². The summed E-state index contributed by atoms with van der Waals surface area (Å²) in [6.07, 6.45) is 1.90. The van der Waals surface area contributed by atoms with Gasteiger partial charge in [-0.15, -0.1) is 0 Å². The highest BCUT2D eigenvalue weighted by Crippen LogP contribution is 2.30. The van der Waals surface area contributed by atoms with Crippen molar-refractivity contribution in [2.75, 3.05) is 44.4 Å². The van der Waals surface area contributed by atoms with Crippen molar-refractivity contribution in [2.45, 2.75) is 59.2 Å². The molecule has 2 aromatic rings. The van der Waals surface area contributed by atoms with E-state index in [-0.39, 0.29) is 24.1 Å². The molecule has 3 N–H and O–H groups in total. The number of benzene rings is 1. The smallest absolute Gasteiger partial charge is 0.253 e. The molecule has 0 bridgehead atoms. The molecule has 0 aliphatic carbocycles. The number of aromatic amines is 1. The average Bonchev–Trinajstić information content (AvgIpc) is 2.89. The minimum atomic E-state index is -0.219. The highest BCUT2D eigenvalue weighted by molar-refractivity contribution is 5.97. The number of carbonyl (C=O) groups excluding carboxylic acids is 1. The summed E-state index contributed by atoms with van der Waals surface area (Å²) in [5.74, 6) is 6.32. The second-order valence-corrected chi connectivity index (χ2v) is 9.77. The van der Waals surface area contributed by atoms with Crippen LogP contribution in [0.4, 0.5) is 5.69 Å². The van der Waals surface area contributed by atoms with Crippen LogP contribution in [0.1, 0.15) is 58.1 Å². The van der Waals surface area contributed by atoms with E-state index in [1.807, 2.05) is 32.9 Å². The lowest BCUT2D eigenvalue weighted by Crippen LogP contribution is -2.40. The molecule has 2 aliphatic heterocycles. The van der Waals surface area contributed by atoms with Gasteiger partial charge in [0.15, 0.2) is 0 Å². The summed E-state index contributed by atoms with van der Waals surface area (Å²) in [5, 5.41) is 6.33. The zero-order valence-electron chi connectivity index (χ0n) is 22.3. The van der Waals surface area contributed by atoms with Crippen LogP contribution < -0.4 is 21.1 Å². The van der Waals surface area contributed by atoms with E-state index in [2.05, 4.69) is 45.3 Å². The van der Waals surface area contributed by atoms with Crippen molar-refractivity contribution in [3.8, 4) is 11.8 Å². The summed E-state index contributed by atoms with van der Waals surface area (Å²) < 4.78 is 11.1. The summed E-state index contributed by atoms with van der Waals surface area (Å²) in [6.45, 7) is 12.3. The number of carbonyl (C=O) groups is 1. The normalized spacial score (nSPS) is 18.1. The van der Waals surface area contributed by atoms with Gasteiger partial charge in [-0.3, -0.25) is 14.9 Å². The molecular formula is C29H38N4O4. The van der Waals surface area contributed by atoms with Crippen molar-refractivity contribution in [1.29, 1.82) is 0 Å². The Hall–Kier alpha value is -3.12. The zero-order chi connectivity index (χ0) is 26.4. The molecule has 1 aromatic carbocycles. The molecule has 1 aromatic heterocycles. The molecule has 0 spiro atoms. The van der Waals surface area contributed by atoms with Crippen LogP contribution in [0.25, 0.3) is 0 Å². The van der Waals surface area contributed by atoms with Crippen LogP contribution in [0.2, 0.25) is 0 Å². The number of amides is 1. The van der Waals surface area contributed by atoms with Crippen LogP contribution in [0.15, 0.2) is 23.0 Å². The second kappa shape index (κ2) is 12.4.